The highest BCUT2D eigenvalue weighted by molar-refractivity contribution is 6.00. The molecule has 110 valence electrons. The van der Waals surface area contributed by atoms with Crippen LogP contribution >= 0.6 is 0 Å². The number of hydrogen-bond acceptors (Lipinski definition) is 4. The van der Waals surface area contributed by atoms with Crippen molar-refractivity contribution in [2.75, 3.05) is 24.1 Å². The molecule has 0 saturated carbocycles. The van der Waals surface area contributed by atoms with Crippen molar-refractivity contribution in [2.24, 2.45) is 5.73 Å². The van der Waals surface area contributed by atoms with Crippen molar-refractivity contribution in [3.63, 3.8) is 0 Å². The first-order valence-corrected chi connectivity index (χ1v) is 6.65. The van der Waals surface area contributed by atoms with Crippen LogP contribution in [0.4, 0.5) is 11.4 Å². The normalized spacial score (nSPS) is 11.8. The summed E-state index contributed by atoms with van der Waals surface area (Å²) >= 11 is 0. The maximum atomic E-state index is 12.2. The Kier molecular flexibility index (Phi) is 5.37. The molecule has 1 aromatic rings. The molecule has 0 aromatic heterocycles. The molecule has 0 aliphatic heterocycles. The number of carbonyl (C=O) groups excluding carboxylic acids is 2. The summed E-state index contributed by atoms with van der Waals surface area (Å²) in [7, 11) is 0. The number of primary amides is 1. The number of likely N-dealkylation sites (N-methyl/N-ethyl adjacent to an activating group) is 1. The smallest absolute Gasteiger partial charge is 0.250 e. The Balaban J connectivity index is 2.95. The molecular weight excluding hydrogens is 256 g/mol. The molecule has 1 rings (SSSR count). The fourth-order valence-corrected chi connectivity index (χ4v) is 2.00. The predicted molar refractivity (Wildman–Crippen MR) is 80.4 cm³/mol. The molecule has 0 spiro atoms. The number of hydrogen-bond donors (Lipinski definition) is 3. The highest BCUT2D eigenvalue weighted by atomic mass is 16.2. The molecule has 5 N–H and O–H groups in total. The first kappa shape index (κ1) is 15.8. The average Bonchev–Trinajstić information content (AvgIpc) is 2.39. The summed E-state index contributed by atoms with van der Waals surface area (Å²) in [6.07, 6.45) is 0. The van der Waals surface area contributed by atoms with E-state index in [0.717, 1.165) is 0 Å². The SMILES string of the molecule is CCN(CC)C(=O)C(C)Nc1cc(N)ccc1C(N)=O. The Morgan fingerprint density at radius 2 is 1.90 bits per heavy atom. The van der Waals surface area contributed by atoms with Gasteiger partial charge in [0.1, 0.15) is 6.04 Å². The summed E-state index contributed by atoms with van der Waals surface area (Å²) in [5, 5.41) is 3.01. The van der Waals surface area contributed by atoms with E-state index in [1.807, 2.05) is 13.8 Å². The van der Waals surface area contributed by atoms with Gasteiger partial charge >= 0.3 is 0 Å². The van der Waals surface area contributed by atoms with Crippen molar-refractivity contribution in [1.29, 1.82) is 0 Å². The second-order valence-corrected chi connectivity index (χ2v) is 4.55. The van der Waals surface area contributed by atoms with Gasteiger partial charge in [-0.3, -0.25) is 9.59 Å². The van der Waals surface area contributed by atoms with Crippen LogP contribution in [0.2, 0.25) is 0 Å². The molecule has 0 heterocycles. The van der Waals surface area contributed by atoms with Crippen LogP contribution in [0.5, 0.6) is 0 Å². The fourth-order valence-electron chi connectivity index (χ4n) is 2.00. The fraction of sp³-hybridized carbons (Fsp3) is 0.429. The van der Waals surface area contributed by atoms with Gasteiger partial charge in [0, 0.05) is 24.5 Å². The van der Waals surface area contributed by atoms with E-state index in [0.29, 0.717) is 30.0 Å². The van der Waals surface area contributed by atoms with Crippen LogP contribution in [0, 0.1) is 0 Å². The third-order valence-electron chi connectivity index (χ3n) is 3.13. The summed E-state index contributed by atoms with van der Waals surface area (Å²) in [6, 6.07) is 4.29. The first-order chi connectivity index (χ1) is 9.40. The monoisotopic (exact) mass is 278 g/mol. The molecule has 1 atom stereocenters. The standard InChI is InChI=1S/C14H22N4O2/c1-4-18(5-2)14(20)9(3)17-12-8-10(15)6-7-11(12)13(16)19/h6-9,17H,4-5,15H2,1-3H3,(H2,16,19). The topological polar surface area (TPSA) is 101 Å². The zero-order chi connectivity index (χ0) is 15.3. The molecule has 0 bridgehead atoms. The maximum Gasteiger partial charge on any atom is 0.250 e. The van der Waals surface area contributed by atoms with Crippen LogP contribution in [-0.2, 0) is 4.79 Å². The van der Waals surface area contributed by atoms with Crippen molar-refractivity contribution < 1.29 is 9.59 Å². The van der Waals surface area contributed by atoms with Crippen molar-refractivity contribution in [3.8, 4) is 0 Å². The highest BCUT2D eigenvalue weighted by Gasteiger charge is 2.19. The van der Waals surface area contributed by atoms with Crippen LogP contribution in [0.1, 0.15) is 31.1 Å². The minimum absolute atomic E-state index is 0.0344. The molecule has 1 unspecified atom stereocenters. The van der Waals surface area contributed by atoms with E-state index < -0.39 is 11.9 Å². The average molecular weight is 278 g/mol. The number of carbonyl (C=O) groups is 2. The Labute approximate surface area is 119 Å². The maximum absolute atomic E-state index is 12.2. The number of anilines is 2. The minimum atomic E-state index is -0.560. The molecule has 1 aromatic carbocycles. The summed E-state index contributed by atoms with van der Waals surface area (Å²) in [4.78, 5) is 25.3. The third-order valence-corrected chi connectivity index (χ3v) is 3.13. The Morgan fingerprint density at radius 3 is 2.40 bits per heavy atom. The lowest BCUT2D eigenvalue weighted by molar-refractivity contribution is -0.131. The van der Waals surface area contributed by atoms with Crippen molar-refractivity contribution in [1.82, 2.24) is 4.90 Å². The number of nitrogens with one attached hydrogen (secondary N) is 1. The van der Waals surface area contributed by atoms with E-state index in [2.05, 4.69) is 5.32 Å². The number of benzene rings is 1. The number of rotatable bonds is 6. The van der Waals surface area contributed by atoms with Crippen LogP contribution in [0.25, 0.3) is 0 Å². The highest BCUT2D eigenvalue weighted by Crippen LogP contribution is 2.20. The summed E-state index contributed by atoms with van der Waals surface area (Å²) in [6.45, 7) is 6.86. The zero-order valence-corrected chi connectivity index (χ0v) is 12.1. The lowest BCUT2D eigenvalue weighted by Gasteiger charge is -2.24. The molecule has 0 aliphatic carbocycles. The Morgan fingerprint density at radius 1 is 1.30 bits per heavy atom. The first-order valence-electron chi connectivity index (χ1n) is 6.65. The van der Waals surface area contributed by atoms with E-state index >= 15 is 0 Å². The van der Waals surface area contributed by atoms with Crippen LogP contribution in [0.15, 0.2) is 18.2 Å². The molecule has 6 heteroatoms. The number of nitrogens with zero attached hydrogens (tertiary/aromatic N) is 1. The molecule has 20 heavy (non-hydrogen) atoms. The molecule has 6 nitrogen and oxygen atoms in total. The number of amides is 2. The Bertz CT molecular complexity index is 498. The summed E-state index contributed by atoms with van der Waals surface area (Å²) in [5.74, 6) is -0.595. The van der Waals surface area contributed by atoms with Crippen LogP contribution in [-0.4, -0.2) is 35.8 Å². The van der Waals surface area contributed by atoms with Gasteiger partial charge in [0.15, 0.2) is 0 Å². The second kappa shape index (κ2) is 6.79. The quantitative estimate of drug-likeness (QED) is 0.676. The van der Waals surface area contributed by atoms with E-state index in [4.69, 9.17) is 11.5 Å². The van der Waals surface area contributed by atoms with Gasteiger partial charge in [0.05, 0.1) is 5.56 Å². The van der Waals surface area contributed by atoms with Crippen molar-refractivity contribution in [3.05, 3.63) is 23.8 Å². The van der Waals surface area contributed by atoms with E-state index in [1.165, 1.54) is 0 Å². The van der Waals surface area contributed by atoms with Crippen molar-refractivity contribution >= 4 is 23.2 Å². The van der Waals surface area contributed by atoms with Gasteiger partial charge in [-0.15, -0.1) is 0 Å². The summed E-state index contributed by atoms with van der Waals surface area (Å²) < 4.78 is 0. The molecule has 0 radical (unpaired) electrons. The molecule has 0 fully saturated rings. The molecule has 0 saturated heterocycles. The van der Waals surface area contributed by atoms with Gasteiger partial charge in [-0.25, -0.2) is 0 Å². The van der Waals surface area contributed by atoms with E-state index in [9.17, 15) is 9.59 Å². The molecule has 0 aliphatic rings. The van der Waals surface area contributed by atoms with Gasteiger partial charge in [0.25, 0.3) is 5.91 Å². The van der Waals surface area contributed by atoms with Crippen LogP contribution in [0.3, 0.4) is 0 Å². The number of nitrogen functional groups attached to an aromatic ring is 1. The lowest BCUT2D eigenvalue weighted by Crippen LogP contribution is -2.41. The van der Waals surface area contributed by atoms with Gasteiger partial charge in [-0.05, 0) is 39.0 Å². The number of nitrogens with two attached hydrogens (primary N) is 2. The lowest BCUT2D eigenvalue weighted by atomic mass is 10.1. The largest absolute Gasteiger partial charge is 0.399 e. The van der Waals surface area contributed by atoms with Crippen molar-refractivity contribution in [2.45, 2.75) is 26.8 Å². The van der Waals surface area contributed by atoms with Gasteiger partial charge in [-0.1, -0.05) is 0 Å². The molecule has 2 amide bonds. The van der Waals surface area contributed by atoms with Gasteiger partial charge in [0.2, 0.25) is 5.91 Å². The molecular formula is C14H22N4O2. The minimum Gasteiger partial charge on any atom is -0.399 e. The van der Waals surface area contributed by atoms with Gasteiger partial charge in [-0.2, -0.15) is 0 Å². The van der Waals surface area contributed by atoms with E-state index in [-0.39, 0.29) is 5.91 Å². The zero-order valence-electron chi connectivity index (χ0n) is 12.1. The van der Waals surface area contributed by atoms with Gasteiger partial charge < -0.3 is 21.7 Å². The second-order valence-electron chi connectivity index (χ2n) is 4.55. The van der Waals surface area contributed by atoms with E-state index in [1.54, 1.807) is 30.0 Å². The van der Waals surface area contributed by atoms with Crippen LogP contribution < -0.4 is 16.8 Å². The Hall–Kier alpha value is -2.24. The third kappa shape index (κ3) is 3.63. The predicted octanol–water partition coefficient (Wildman–Crippen LogP) is 1.04. The summed E-state index contributed by atoms with van der Waals surface area (Å²) in [5.41, 5.74) is 12.3.